The van der Waals surface area contributed by atoms with E-state index < -0.39 is 0 Å². The molecule has 0 amide bonds. The highest BCUT2D eigenvalue weighted by Gasteiger charge is 2.66. The molecule has 2 aliphatic carbocycles. The van der Waals surface area contributed by atoms with Crippen LogP contribution in [0.5, 0.6) is 0 Å². The first-order valence-corrected chi connectivity index (χ1v) is 9.10. The topological polar surface area (TPSA) is 52.0 Å². The van der Waals surface area contributed by atoms with Gasteiger partial charge in [-0.3, -0.25) is 0 Å². The van der Waals surface area contributed by atoms with Gasteiger partial charge in [0, 0.05) is 42.9 Å². The fourth-order valence-corrected chi connectivity index (χ4v) is 5.40. The zero-order chi connectivity index (χ0) is 14.7. The molecule has 1 aromatic rings. The molecule has 1 spiro atoms. The van der Waals surface area contributed by atoms with Crippen molar-refractivity contribution in [1.29, 1.82) is 0 Å². The number of hydrogen-bond donors (Lipinski definition) is 1. The van der Waals surface area contributed by atoms with E-state index in [0.29, 0.717) is 23.6 Å². The first-order chi connectivity index (χ1) is 10.8. The van der Waals surface area contributed by atoms with Crippen molar-refractivity contribution in [2.45, 2.75) is 76.6 Å². The van der Waals surface area contributed by atoms with Crippen molar-refractivity contribution in [3.05, 3.63) is 11.6 Å². The predicted octanol–water partition coefficient (Wildman–Crippen LogP) is 1.70. The lowest BCUT2D eigenvalue weighted by molar-refractivity contribution is -0.179. The molecule has 4 atom stereocenters. The summed E-state index contributed by atoms with van der Waals surface area (Å²) in [5.41, 5.74) is 0.485. The Hall–Kier alpha value is -0.940. The standard InChI is InChI=1S/C17H26N4O/c1-2-13-19-14-5-4-11(10-21(14)20-13)18-15-12-6-9-22-16(12)17(15)7-3-8-17/h11-12,15-16,18H,2-10H2,1H3/t11?,12-,15?,16-/m1/s1. The van der Waals surface area contributed by atoms with Crippen molar-refractivity contribution in [2.75, 3.05) is 6.61 Å². The summed E-state index contributed by atoms with van der Waals surface area (Å²) in [6.45, 7) is 4.10. The van der Waals surface area contributed by atoms with E-state index in [1.807, 2.05) is 0 Å². The molecule has 1 saturated heterocycles. The number of rotatable bonds is 3. The lowest BCUT2D eigenvalue weighted by Crippen LogP contribution is -2.72. The normalized spacial score (nSPS) is 38.2. The van der Waals surface area contributed by atoms with Crippen LogP contribution in [0.2, 0.25) is 0 Å². The summed E-state index contributed by atoms with van der Waals surface area (Å²) in [6, 6.07) is 1.25. The lowest BCUT2D eigenvalue weighted by Gasteiger charge is -2.64. The number of fused-ring (bicyclic) bond motifs is 3. The average molecular weight is 302 g/mol. The van der Waals surface area contributed by atoms with Crippen LogP contribution in [0.25, 0.3) is 0 Å². The SMILES string of the molecule is CCc1nc2n(n1)CC(NC1[C@H]3CCO[C@H]3C13CCC3)CC2. The zero-order valence-electron chi connectivity index (χ0n) is 13.4. The van der Waals surface area contributed by atoms with Crippen LogP contribution in [0, 0.1) is 11.3 Å². The van der Waals surface area contributed by atoms with Gasteiger partial charge in [-0.05, 0) is 25.7 Å². The molecule has 22 heavy (non-hydrogen) atoms. The average Bonchev–Trinajstić information content (AvgIpc) is 3.07. The molecule has 0 aromatic carbocycles. The van der Waals surface area contributed by atoms with Crippen LogP contribution in [0.15, 0.2) is 0 Å². The van der Waals surface area contributed by atoms with Gasteiger partial charge in [0.1, 0.15) is 5.82 Å². The number of ether oxygens (including phenoxy) is 1. The van der Waals surface area contributed by atoms with Gasteiger partial charge in [-0.25, -0.2) is 9.67 Å². The molecule has 3 heterocycles. The van der Waals surface area contributed by atoms with Crippen molar-refractivity contribution in [3.8, 4) is 0 Å². The Morgan fingerprint density at radius 2 is 2.27 bits per heavy atom. The summed E-state index contributed by atoms with van der Waals surface area (Å²) in [5, 5.41) is 8.67. The van der Waals surface area contributed by atoms with E-state index in [9.17, 15) is 0 Å². The Bertz CT molecular complexity index is 579. The quantitative estimate of drug-likeness (QED) is 0.923. The van der Waals surface area contributed by atoms with E-state index >= 15 is 0 Å². The molecule has 2 aliphatic heterocycles. The second-order valence-corrected chi connectivity index (χ2v) is 7.69. The van der Waals surface area contributed by atoms with Gasteiger partial charge in [0.15, 0.2) is 5.82 Å². The summed E-state index contributed by atoms with van der Waals surface area (Å²) in [4.78, 5) is 4.63. The summed E-state index contributed by atoms with van der Waals surface area (Å²) in [5.74, 6) is 2.95. The summed E-state index contributed by atoms with van der Waals surface area (Å²) in [6.07, 6.45) is 9.15. The largest absolute Gasteiger partial charge is 0.377 e. The second kappa shape index (κ2) is 4.78. The first-order valence-electron chi connectivity index (χ1n) is 9.10. The van der Waals surface area contributed by atoms with Crippen LogP contribution < -0.4 is 5.32 Å². The summed E-state index contributed by atoms with van der Waals surface area (Å²) >= 11 is 0. The molecule has 5 heteroatoms. The Morgan fingerprint density at radius 3 is 3.05 bits per heavy atom. The third-order valence-corrected chi connectivity index (χ3v) is 6.67. The van der Waals surface area contributed by atoms with Gasteiger partial charge >= 0.3 is 0 Å². The summed E-state index contributed by atoms with van der Waals surface area (Å²) in [7, 11) is 0. The van der Waals surface area contributed by atoms with E-state index in [0.717, 1.165) is 37.7 Å². The van der Waals surface area contributed by atoms with Crippen LogP contribution in [0.1, 0.15) is 50.7 Å². The van der Waals surface area contributed by atoms with Gasteiger partial charge in [-0.1, -0.05) is 13.3 Å². The zero-order valence-corrected chi connectivity index (χ0v) is 13.4. The molecule has 120 valence electrons. The molecule has 1 aromatic heterocycles. The van der Waals surface area contributed by atoms with Gasteiger partial charge in [0.25, 0.3) is 0 Å². The highest BCUT2D eigenvalue weighted by molar-refractivity contribution is 5.19. The molecule has 0 radical (unpaired) electrons. The molecule has 3 fully saturated rings. The Kier molecular flexibility index (Phi) is 2.93. The van der Waals surface area contributed by atoms with Gasteiger partial charge in [-0.2, -0.15) is 5.10 Å². The van der Waals surface area contributed by atoms with E-state index in [4.69, 9.17) is 4.74 Å². The van der Waals surface area contributed by atoms with Crippen molar-refractivity contribution in [1.82, 2.24) is 20.1 Å². The van der Waals surface area contributed by atoms with E-state index in [1.54, 1.807) is 0 Å². The van der Waals surface area contributed by atoms with Gasteiger partial charge < -0.3 is 10.1 Å². The van der Waals surface area contributed by atoms with Crippen molar-refractivity contribution in [2.24, 2.45) is 11.3 Å². The fourth-order valence-electron chi connectivity index (χ4n) is 5.40. The molecule has 1 N–H and O–H groups in total. The van der Waals surface area contributed by atoms with E-state index in [2.05, 4.69) is 27.0 Å². The van der Waals surface area contributed by atoms with E-state index in [-0.39, 0.29) is 0 Å². The molecule has 0 bridgehead atoms. The molecule has 2 saturated carbocycles. The highest BCUT2D eigenvalue weighted by Crippen LogP contribution is 2.62. The fraction of sp³-hybridized carbons (Fsp3) is 0.882. The van der Waals surface area contributed by atoms with Crippen LogP contribution >= 0.6 is 0 Å². The molecular weight excluding hydrogens is 276 g/mol. The lowest BCUT2D eigenvalue weighted by atomic mass is 9.46. The number of aromatic nitrogens is 3. The third-order valence-electron chi connectivity index (χ3n) is 6.67. The second-order valence-electron chi connectivity index (χ2n) is 7.69. The smallest absolute Gasteiger partial charge is 0.150 e. The highest BCUT2D eigenvalue weighted by atomic mass is 16.5. The first kappa shape index (κ1) is 13.5. The minimum absolute atomic E-state index is 0.485. The van der Waals surface area contributed by atoms with Crippen molar-refractivity contribution >= 4 is 0 Å². The molecule has 2 unspecified atom stereocenters. The van der Waals surface area contributed by atoms with Crippen LogP contribution in [0.3, 0.4) is 0 Å². The van der Waals surface area contributed by atoms with Crippen molar-refractivity contribution in [3.63, 3.8) is 0 Å². The third kappa shape index (κ3) is 1.72. The van der Waals surface area contributed by atoms with E-state index in [1.165, 1.54) is 37.9 Å². The molecule has 5 nitrogen and oxygen atoms in total. The van der Waals surface area contributed by atoms with Crippen LogP contribution in [-0.2, 0) is 24.1 Å². The molecular formula is C17H26N4O. The number of nitrogens with zero attached hydrogens (tertiary/aromatic N) is 3. The monoisotopic (exact) mass is 302 g/mol. The maximum Gasteiger partial charge on any atom is 0.150 e. The van der Waals surface area contributed by atoms with Gasteiger partial charge in [-0.15, -0.1) is 0 Å². The summed E-state index contributed by atoms with van der Waals surface area (Å²) < 4.78 is 8.18. The van der Waals surface area contributed by atoms with Crippen LogP contribution in [-0.4, -0.2) is 39.6 Å². The molecule has 4 aliphatic rings. The minimum atomic E-state index is 0.485. The Morgan fingerprint density at radius 1 is 1.36 bits per heavy atom. The number of hydrogen-bond acceptors (Lipinski definition) is 4. The Labute approximate surface area is 131 Å². The minimum Gasteiger partial charge on any atom is -0.377 e. The van der Waals surface area contributed by atoms with Crippen molar-refractivity contribution < 1.29 is 4.74 Å². The Balaban J connectivity index is 1.30. The van der Waals surface area contributed by atoms with Gasteiger partial charge in [0.2, 0.25) is 0 Å². The predicted molar refractivity (Wildman–Crippen MR) is 82.6 cm³/mol. The maximum atomic E-state index is 6.04. The number of nitrogens with one attached hydrogen (secondary N) is 1. The van der Waals surface area contributed by atoms with Gasteiger partial charge in [0.05, 0.1) is 12.6 Å². The number of aryl methyl sites for hydroxylation is 2. The van der Waals surface area contributed by atoms with Crippen LogP contribution in [0.4, 0.5) is 0 Å². The maximum absolute atomic E-state index is 6.04. The molecule has 5 rings (SSSR count).